The van der Waals surface area contributed by atoms with Crippen molar-refractivity contribution in [3.8, 4) is 0 Å². The van der Waals surface area contributed by atoms with Crippen molar-refractivity contribution < 1.29 is 19.1 Å². The van der Waals surface area contributed by atoms with E-state index in [0.717, 1.165) is 16.5 Å². The van der Waals surface area contributed by atoms with Crippen LogP contribution in [0.3, 0.4) is 0 Å². The highest BCUT2D eigenvalue weighted by Gasteiger charge is 2.34. The highest BCUT2D eigenvalue weighted by atomic mass is 79.9. The molecule has 0 aromatic heterocycles. The first kappa shape index (κ1) is 23.3. The van der Waals surface area contributed by atoms with Crippen molar-refractivity contribution in [3.05, 3.63) is 33.8 Å². The Morgan fingerprint density at radius 2 is 2.14 bits per heavy atom. The van der Waals surface area contributed by atoms with Crippen LogP contribution in [0.2, 0.25) is 0 Å². The molecule has 0 aliphatic carbocycles. The molecular weight excluding hydrogens is 458 g/mol. The molecule has 2 rings (SSSR count). The highest BCUT2D eigenvalue weighted by molar-refractivity contribution is 9.10. The third-order valence-corrected chi connectivity index (χ3v) is 5.76. The molecule has 7 nitrogen and oxygen atoms in total. The minimum atomic E-state index is -0.812. The molecular formula is C20H26BrN3O4S. The van der Waals surface area contributed by atoms with E-state index in [1.54, 1.807) is 17.0 Å². The number of amides is 2. The van der Waals surface area contributed by atoms with Gasteiger partial charge < -0.3 is 15.0 Å². The Morgan fingerprint density at radius 1 is 1.41 bits per heavy atom. The minimum absolute atomic E-state index is 0.113. The van der Waals surface area contributed by atoms with Crippen molar-refractivity contribution in [3.63, 3.8) is 0 Å². The molecule has 0 radical (unpaired) electrons. The minimum Gasteiger partial charge on any atom is -0.466 e. The molecule has 1 atom stereocenters. The molecule has 1 aromatic rings. The Balaban J connectivity index is 2.01. The number of ether oxygens (including phenoxy) is 1. The maximum absolute atomic E-state index is 12.5. The van der Waals surface area contributed by atoms with Gasteiger partial charge in [-0.2, -0.15) is 0 Å². The number of thiocarbonyl (C=S) groups is 1. The van der Waals surface area contributed by atoms with E-state index in [-0.39, 0.29) is 23.3 Å². The van der Waals surface area contributed by atoms with Crippen LogP contribution in [0.25, 0.3) is 0 Å². The van der Waals surface area contributed by atoms with Crippen LogP contribution in [-0.2, 0) is 14.3 Å². The van der Waals surface area contributed by atoms with Gasteiger partial charge in [-0.3, -0.25) is 19.7 Å². The lowest BCUT2D eigenvalue weighted by Gasteiger charge is -2.36. The number of nitrogens with zero attached hydrogens (tertiary/aromatic N) is 1. The van der Waals surface area contributed by atoms with Gasteiger partial charge in [-0.1, -0.05) is 35.8 Å². The smallest absolute Gasteiger partial charge is 0.308 e. The number of hydrogen-bond donors (Lipinski definition) is 2. The number of nitrogens with one attached hydrogen (secondary N) is 2. The van der Waals surface area contributed by atoms with Crippen molar-refractivity contribution in [2.24, 2.45) is 5.92 Å². The second-order valence-corrected chi connectivity index (χ2v) is 8.57. The van der Waals surface area contributed by atoms with E-state index in [1.807, 2.05) is 26.8 Å². The number of halogens is 1. The highest BCUT2D eigenvalue weighted by Crippen LogP contribution is 2.18. The second kappa shape index (κ2) is 10.7. The Morgan fingerprint density at radius 3 is 2.79 bits per heavy atom. The largest absolute Gasteiger partial charge is 0.466 e. The standard InChI is InChI=1S/C20H26BrN3O4S/c1-12(2)6-9-28-17(25)11-16-19(27)22-7-8-24(16)20(29)23-18(26)14-5-4-13(3)15(21)10-14/h4-5,10,12,16H,6-9,11H2,1-3H3,(H,22,27)(H,23,26,29). The summed E-state index contributed by atoms with van der Waals surface area (Å²) in [5, 5.41) is 5.50. The number of carbonyl (C=O) groups is 3. The van der Waals surface area contributed by atoms with Crippen molar-refractivity contribution >= 4 is 51.0 Å². The van der Waals surface area contributed by atoms with Crippen LogP contribution in [0.4, 0.5) is 0 Å². The first-order valence-corrected chi connectivity index (χ1v) is 10.7. The summed E-state index contributed by atoms with van der Waals surface area (Å²) in [5.41, 5.74) is 1.45. The van der Waals surface area contributed by atoms with Crippen LogP contribution in [0, 0.1) is 12.8 Å². The average molecular weight is 484 g/mol. The van der Waals surface area contributed by atoms with Crippen LogP contribution in [0.5, 0.6) is 0 Å². The second-order valence-electron chi connectivity index (χ2n) is 7.33. The van der Waals surface area contributed by atoms with Crippen LogP contribution >= 0.6 is 28.1 Å². The number of hydrogen-bond acceptors (Lipinski definition) is 5. The Kier molecular flexibility index (Phi) is 8.58. The van der Waals surface area contributed by atoms with Gasteiger partial charge in [0.05, 0.1) is 13.0 Å². The predicted molar refractivity (Wildman–Crippen MR) is 117 cm³/mol. The molecule has 1 unspecified atom stereocenters. The van der Waals surface area contributed by atoms with Crippen LogP contribution in [0.1, 0.15) is 42.6 Å². The molecule has 1 aromatic carbocycles. The fraction of sp³-hybridized carbons (Fsp3) is 0.500. The first-order chi connectivity index (χ1) is 13.7. The summed E-state index contributed by atoms with van der Waals surface area (Å²) in [6.45, 7) is 7.09. The van der Waals surface area contributed by atoms with E-state index < -0.39 is 12.0 Å². The van der Waals surface area contributed by atoms with E-state index in [9.17, 15) is 14.4 Å². The van der Waals surface area contributed by atoms with Gasteiger partial charge in [0, 0.05) is 23.1 Å². The zero-order chi connectivity index (χ0) is 21.6. The monoisotopic (exact) mass is 483 g/mol. The van der Waals surface area contributed by atoms with Crippen molar-refractivity contribution in [1.82, 2.24) is 15.5 Å². The maximum Gasteiger partial charge on any atom is 0.308 e. The van der Waals surface area contributed by atoms with Gasteiger partial charge in [0.25, 0.3) is 5.91 Å². The predicted octanol–water partition coefficient (Wildman–Crippen LogP) is 2.55. The van der Waals surface area contributed by atoms with Crippen molar-refractivity contribution in [2.45, 2.75) is 39.7 Å². The van der Waals surface area contributed by atoms with Crippen molar-refractivity contribution in [2.75, 3.05) is 19.7 Å². The summed E-state index contributed by atoms with van der Waals surface area (Å²) >= 11 is 8.77. The molecule has 1 aliphatic heterocycles. The lowest BCUT2D eigenvalue weighted by Crippen LogP contribution is -2.60. The fourth-order valence-electron chi connectivity index (χ4n) is 2.76. The molecule has 1 saturated heterocycles. The molecule has 9 heteroatoms. The topological polar surface area (TPSA) is 87.7 Å². The van der Waals surface area contributed by atoms with Gasteiger partial charge in [-0.25, -0.2) is 0 Å². The van der Waals surface area contributed by atoms with E-state index in [1.165, 1.54) is 0 Å². The number of aryl methyl sites for hydroxylation is 1. The van der Waals surface area contributed by atoms with Gasteiger partial charge in [0.2, 0.25) is 5.91 Å². The summed E-state index contributed by atoms with van der Waals surface area (Å²) in [7, 11) is 0. The summed E-state index contributed by atoms with van der Waals surface area (Å²) in [6, 6.07) is 4.42. The Bertz CT molecular complexity index is 800. The molecule has 1 heterocycles. The van der Waals surface area contributed by atoms with E-state index in [0.29, 0.717) is 31.2 Å². The molecule has 1 fully saturated rings. The number of esters is 1. The van der Waals surface area contributed by atoms with Crippen LogP contribution in [-0.4, -0.2) is 53.5 Å². The van der Waals surface area contributed by atoms with Crippen molar-refractivity contribution in [1.29, 1.82) is 0 Å². The summed E-state index contributed by atoms with van der Waals surface area (Å²) in [5.74, 6) is -0.733. The van der Waals surface area contributed by atoms with E-state index in [2.05, 4.69) is 26.6 Å². The SMILES string of the molecule is Cc1ccc(C(=O)NC(=S)N2CCNC(=O)C2CC(=O)OCCC(C)C)cc1Br. The first-order valence-electron chi connectivity index (χ1n) is 9.50. The number of rotatable bonds is 6. The molecule has 0 saturated carbocycles. The third-order valence-electron chi connectivity index (χ3n) is 4.56. The Hall–Kier alpha value is -2.00. The van der Waals surface area contributed by atoms with E-state index >= 15 is 0 Å². The number of benzene rings is 1. The normalized spacial score (nSPS) is 16.4. The summed E-state index contributed by atoms with van der Waals surface area (Å²) in [4.78, 5) is 38.6. The zero-order valence-corrected chi connectivity index (χ0v) is 19.2. The molecule has 158 valence electrons. The molecule has 29 heavy (non-hydrogen) atoms. The molecule has 1 aliphatic rings. The maximum atomic E-state index is 12.5. The molecule has 0 spiro atoms. The fourth-order valence-corrected chi connectivity index (χ4v) is 3.45. The number of piperazine rings is 1. The number of carbonyl (C=O) groups excluding carboxylic acids is 3. The van der Waals surface area contributed by atoms with Gasteiger partial charge in [0.15, 0.2) is 5.11 Å². The third kappa shape index (κ3) is 6.78. The van der Waals surface area contributed by atoms with Gasteiger partial charge in [-0.05, 0) is 49.2 Å². The summed E-state index contributed by atoms with van der Waals surface area (Å²) in [6.07, 6.45) is 0.628. The molecule has 0 bridgehead atoms. The zero-order valence-electron chi connectivity index (χ0n) is 16.8. The lowest BCUT2D eigenvalue weighted by atomic mass is 10.1. The van der Waals surface area contributed by atoms with Crippen LogP contribution < -0.4 is 10.6 Å². The molecule has 2 N–H and O–H groups in total. The average Bonchev–Trinajstić information content (AvgIpc) is 2.65. The lowest BCUT2D eigenvalue weighted by molar-refractivity contribution is -0.147. The Labute approximate surface area is 184 Å². The van der Waals surface area contributed by atoms with Gasteiger partial charge in [0.1, 0.15) is 6.04 Å². The molecule has 2 amide bonds. The van der Waals surface area contributed by atoms with Crippen LogP contribution in [0.15, 0.2) is 22.7 Å². The quantitative estimate of drug-likeness (QED) is 0.477. The summed E-state index contributed by atoms with van der Waals surface area (Å²) < 4.78 is 6.04. The van der Waals surface area contributed by atoms with E-state index in [4.69, 9.17) is 17.0 Å². The van der Waals surface area contributed by atoms with Gasteiger partial charge >= 0.3 is 5.97 Å². The van der Waals surface area contributed by atoms with Gasteiger partial charge in [-0.15, -0.1) is 0 Å².